The molecule has 1 aliphatic heterocycles. The van der Waals surface area contributed by atoms with Crippen molar-refractivity contribution in [1.82, 2.24) is 10.2 Å². The highest BCUT2D eigenvalue weighted by molar-refractivity contribution is 6.31. The van der Waals surface area contributed by atoms with E-state index in [-0.39, 0.29) is 37.0 Å². The summed E-state index contributed by atoms with van der Waals surface area (Å²) in [6.45, 7) is 4.26. The van der Waals surface area contributed by atoms with Crippen molar-refractivity contribution >= 4 is 34.8 Å². The smallest absolute Gasteiger partial charge is 0.365 e. The molecule has 1 saturated heterocycles. The van der Waals surface area contributed by atoms with Crippen LogP contribution in [-0.4, -0.2) is 55.1 Å². The molecule has 2 aromatic carbocycles. The minimum absolute atomic E-state index is 0.0970. The average Bonchev–Trinajstić information content (AvgIpc) is 2.84. The molecule has 2 amide bonds. The van der Waals surface area contributed by atoms with Crippen molar-refractivity contribution in [2.24, 2.45) is 0 Å². The summed E-state index contributed by atoms with van der Waals surface area (Å²) >= 11 is 6.18. The van der Waals surface area contributed by atoms with Gasteiger partial charge in [-0.05, 0) is 31.2 Å². The van der Waals surface area contributed by atoms with E-state index in [2.05, 4.69) is 10.6 Å². The van der Waals surface area contributed by atoms with Crippen molar-refractivity contribution < 1.29 is 31.5 Å². The average molecular weight is 547 g/mol. The van der Waals surface area contributed by atoms with Crippen LogP contribution in [0.1, 0.15) is 42.6 Å². The number of benzene rings is 2. The molecule has 6 nitrogen and oxygen atoms in total. The number of halogens is 6. The van der Waals surface area contributed by atoms with Crippen molar-refractivity contribution in [2.75, 3.05) is 36.4 Å². The van der Waals surface area contributed by atoms with Gasteiger partial charge in [0.15, 0.2) is 11.6 Å². The predicted octanol–water partition coefficient (Wildman–Crippen LogP) is 5.36. The maximum atomic E-state index is 14.7. The van der Waals surface area contributed by atoms with Gasteiger partial charge < -0.3 is 15.5 Å². The summed E-state index contributed by atoms with van der Waals surface area (Å²) in [6, 6.07) is 6.83. The summed E-state index contributed by atoms with van der Waals surface area (Å²) < 4.78 is 67.1. The Labute approximate surface area is 216 Å². The molecule has 0 saturated carbocycles. The van der Waals surface area contributed by atoms with Crippen LogP contribution in [0, 0.1) is 11.6 Å². The van der Waals surface area contributed by atoms with E-state index in [9.17, 15) is 31.5 Å². The van der Waals surface area contributed by atoms with Crippen LogP contribution >= 0.6 is 11.6 Å². The predicted molar refractivity (Wildman–Crippen MR) is 132 cm³/mol. The topological polar surface area (TPSA) is 64.7 Å². The third-order valence-corrected chi connectivity index (χ3v) is 6.38. The number of carbonyl (C=O) groups excluding carboxylic acids is 2. The number of carbonyl (C=O) groups is 2. The molecule has 1 unspecified atom stereocenters. The van der Waals surface area contributed by atoms with Crippen LogP contribution in [0.2, 0.25) is 5.02 Å². The van der Waals surface area contributed by atoms with E-state index in [1.54, 1.807) is 17.9 Å². The lowest BCUT2D eigenvalue weighted by molar-refractivity contribution is -0.138. The minimum Gasteiger partial charge on any atom is -0.365 e. The molecular weight excluding hydrogens is 519 g/mol. The summed E-state index contributed by atoms with van der Waals surface area (Å²) in [4.78, 5) is 27.9. The lowest BCUT2D eigenvalue weighted by Gasteiger charge is -2.42. The maximum Gasteiger partial charge on any atom is 0.390 e. The molecule has 2 aromatic rings. The van der Waals surface area contributed by atoms with Crippen LogP contribution in [0.4, 0.5) is 33.3 Å². The first-order chi connectivity index (χ1) is 17.4. The Kier molecular flexibility index (Phi) is 9.36. The largest absolute Gasteiger partial charge is 0.390 e. The Morgan fingerprint density at radius 1 is 1.11 bits per heavy atom. The van der Waals surface area contributed by atoms with Gasteiger partial charge >= 0.3 is 6.18 Å². The summed E-state index contributed by atoms with van der Waals surface area (Å²) in [5.74, 6) is -3.79. The van der Waals surface area contributed by atoms with Gasteiger partial charge in [0, 0.05) is 55.8 Å². The first-order valence-corrected chi connectivity index (χ1v) is 12.2. The monoisotopic (exact) mass is 546 g/mol. The highest BCUT2D eigenvalue weighted by Crippen LogP contribution is 2.33. The van der Waals surface area contributed by atoms with Gasteiger partial charge in [-0.25, -0.2) is 8.78 Å². The van der Waals surface area contributed by atoms with E-state index in [1.807, 2.05) is 11.8 Å². The van der Waals surface area contributed by atoms with Gasteiger partial charge in [-0.1, -0.05) is 24.6 Å². The molecular formula is C25H28ClF5N4O2. The lowest BCUT2D eigenvalue weighted by Crippen LogP contribution is -2.52. The number of piperazine rings is 1. The molecule has 0 spiro atoms. The third kappa shape index (κ3) is 7.54. The van der Waals surface area contributed by atoms with Crippen molar-refractivity contribution in [3.05, 3.63) is 58.1 Å². The fourth-order valence-electron chi connectivity index (χ4n) is 4.14. The standard InChI is InChI=1S/C25H28ClF5N4O2/c1-3-21(36)32-13-16-4-6-18(23(28)22(16)27)24(37)33-19-7-5-17(26)12-20(19)35-11-10-34(14-15(35)2)9-8-25(29,30)31/h4-7,12,15H,3,8-11,13-14H2,1-2H3,(H,32,36)(H,33,37). The zero-order valence-corrected chi connectivity index (χ0v) is 21.1. The van der Waals surface area contributed by atoms with Gasteiger partial charge in [0.25, 0.3) is 5.91 Å². The molecule has 3 rings (SSSR count). The molecule has 0 aromatic heterocycles. The second-order valence-corrected chi connectivity index (χ2v) is 9.29. The van der Waals surface area contributed by atoms with E-state index in [1.165, 1.54) is 18.2 Å². The number of nitrogens with zero attached hydrogens (tertiary/aromatic N) is 2. The first kappa shape index (κ1) is 28.6. The number of alkyl halides is 3. The number of nitrogens with one attached hydrogen (secondary N) is 2. The molecule has 202 valence electrons. The van der Waals surface area contributed by atoms with Gasteiger partial charge in [-0.2, -0.15) is 13.2 Å². The third-order valence-electron chi connectivity index (χ3n) is 6.14. The van der Waals surface area contributed by atoms with E-state index in [0.717, 1.165) is 6.07 Å². The molecule has 37 heavy (non-hydrogen) atoms. The Morgan fingerprint density at radius 3 is 2.49 bits per heavy atom. The van der Waals surface area contributed by atoms with Crippen molar-refractivity contribution in [3.63, 3.8) is 0 Å². The molecule has 1 aliphatic rings. The van der Waals surface area contributed by atoms with Crippen LogP contribution in [0.15, 0.2) is 30.3 Å². The van der Waals surface area contributed by atoms with Crippen LogP contribution in [0.5, 0.6) is 0 Å². The van der Waals surface area contributed by atoms with Crippen molar-refractivity contribution in [1.29, 1.82) is 0 Å². The summed E-state index contributed by atoms with van der Waals surface area (Å²) in [5.41, 5.74) is 0.196. The van der Waals surface area contributed by atoms with Gasteiger partial charge in [0.2, 0.25) is 5.91 Å². The summed E-state index contributed by atoms with van der Waals surface area (Å²) in [6.07, 6.45) is -4.94. The van der Waals surface area contributed by atoms with Crippen LogP contribution < -0.4 is 15.5 Å². The van der Waals surface area contributed by atoms with Crippen LogP contribution in [0.3, 0.4) is 0 Å². The van der Waals surface area contributed by atoms with Crippen LogP contribution in [0.25, 0.3) is 0 Å². The Balaban J connectivity index is 1.76. The molecule has 0 radical (unpaired) electrons. The van der Waals surface area contributed by atoms with Crippen molar-refractivity contribution in [2.45, 2.75) is 45.5 Å². The van der Waals surface area contributed by atoms with Gasteiger partial charge in [-0.3, -0.25) is 14.5 Å². The minimum atomic E-state index is -4.23. The van der Waals surface area contributed by atoms with E-state index < -0.39 is 35.7 Å². The normalized spacial score (nSPS) is 16.5. The second-order valence-electron chi connectivity index (χ2n) is 8.85. The molecule has 1 atom stereocenters. The van der Waals surface area contributed by atoms with Crippen molar-refractivity contribution in [3.8, 4) is 0 Å². The van der Waals surface area contributed by atoms with Crippen LogP contribution in [-0.2, 0) is 11.3 Å². The van der Waals surface area contributed by atoms with E-state index in [4.69, 9.17) is 11.6 Å². The number of amides is 2. The highest BCUT2D eigenvalue weighted by Gasteiger charge is 2.31. The first-order valence-electron chi connectivity index (χ1n) is 11.8. The Morgan fingerprint density at radius 2 is 1.84 bits per heavy atom. The van der Waals surface area contributed by atoms with Gasteiger partial charge in [-0.15, -0.1) is 0 Å². The number of rotatable bonds is 8. The van der Waals surface area contributed by atoms with Gasteiger partial charge in [0.05, 0.1) is 23.4 Å². The van der Waals surface area contributed by atoms with E-state index >= 15 is 0 Å². The molecule has 0 aliphatic carbocycles. The van der Waals surface area contributed by atoms with E-state index in [0.29, 0.717) is 36.0 Å². The molecule has 1 fully saturated rings. The number of hydrogen-bond acceptors (Lipinski definition) is 4. The number of anilines is 2. The second kappa shape index (κ2) is 12.1. The highest BCUT2D eigenvalue weighted by atomic mass is 35.5. The molecule has 0 bridgehead atoms. The number of hydrogen-bond donors (Lipinski definition) is 2. The SMILES string of the molecule is CCC(=O)NCc1ccc(C(=O)Nc2ccc(Cl)cc2N2CCN(CCC(F)(F)F)CC2C)c(F)c1F. The zero-order chi connectivity index (χ0) is 27.3. The fraction of sp³-hybridized carbons (Fsp3) is 0.440. The maximum absolute atomic E-state index is 14.7. The fourth-order valence-corrected chi connectivity index (χ4v) is 4.30. The summed E-state index contributed by atoms with van der Waals surface area (Å²) in [5, 5.41) is 5.42. The Bertz CT molecular complexity index is 1140. The summed E-state index contributed by atoms with van der Waals surface area (Å²) in [7, 11) is 0. The lowest BCUT2D eigenvalue weighted by atomic mass is 10.1. The molecule has 2 N–H and O–H groups in total. The quantitative estimate of drug-likeness (QED) is 0.438. The van der Waals surface area contributed by atoms with Gasteiger partial charge in [0.1, 0.15) is 0 Å². The molecule has 1 heterocycles. The zero-order valence-electron chi connectivity index (χ0n) is 20.4. The molecule has 12 heteroatoms. The Hall–Kier alpha value is -2.92.